The van der Waals surface area contributed by atoms with Gasteiger partial charge < -0.3 is 10.6 Å². The van der Waals surface area contributed by atoms with Gasteiger partial charge in [0.15, 0.2) is 4.34 Å². The molecule has 5 nitrogen and oxygen atoms in total. The summed E-state index contributed by atoms with van der Waals surface area (Å²) in [5, 5.41) is 15.0. The van der Waals surface area contributed by atoms with Crippen LogP contribution in [-0.4, -0.2) is 21.9 Å². The summed E-state index contributed by atoms with van der Waals surface area (Å²) < 4.78 is 1.74. The lowest BCUT2D eigenvalue weighted by Gasteiger charge is -2.04. The Bertz CT molecular complexity index is 867. The van der Waals surface area contributed by atoms with Gasteiger partial charge in [-0.15, -0.1) is 10.2 Å². The minimum atomic E-state index is -0.0643. The van der Waals surface area contributed by atoms with Gasteiger partial charge in [0, 0.05) is 15.8 Å². The van der Waals surface area contributed by atoms with E-state index < -0.39 is 0 Å². The quantitative estimate of drug-likeness (QED) is 0.529. The largest absolute Gasteiger partial charge is 0.330 e. The van der Waals surface area contributed by atoms with Gasteiger partial charge >= 0.3 is 0 Å². The van der Waals surface area contributed by atoms with Crippen LogP contribution in [0.15, 0.2) is 57.3 Å². The fourth-order valence-electron chi connectivity index (χ4n) is 1.97. The lowest BCUT2D eigenvalue weighted by Crippen LogP contribution is -2.13. The van der Waals surface area contributed by atoms with Crippen molar-refractivity contribution in [2.45, 2.75) is 11.3 Å². The number of halogens is 1. The van der Waals surface area contributed by atoms with E-state index in [0.29, 0.717) is 10.9 Å². The average molecular weight is 435 g/mol. The highest BCUT2D eigenvalue weighted by atomic mass is 79.9. The molecule has 0 radical (unpaired) electrons. The molecule has 0 atom stereocenters. The Kier molecular flexibility index (Phi) is 6.06. The molecule has 0 spiro atoms. The molecule has 2 N–H and O–H groups in total. The Balaban J connectivity index is 1.51. The lowest BCUT2D eigenvalue weighted by atomic mass is 10.2. The number of hydrogen-bond acceptors (Lipinski definition) is 6. The third-order valence-electron chi connectivity index (χ3n) is 3.14. The van der Waals surface area contributed by atoms with Gasteiger partial charge in [0.1, 0.15) is 0 Å². The fraction of sp³-hybridized carbons (Fsp3) is 0.118. The smallest absolute Gasteiger partial charge is 0.234 e. The standard InChI is InChI=1S/C17H15BrN4OS2/c1-11-5-7-13(8-6-11)19-15(23)10-24-17-22-21-16(25-17)20-14-4-2-3-12(18)9-14/h2-9H,10H2,1H3,(H,19,23)(H,20,21). The number of nitrogens with one attached hydrogen (secondary N) is 2. The second kappa shape index (κ2) is 8.46. The first-order valence-corrected chi connectivity index (χ1v) is 10.0. The third-order valence-corrected chi connectivity index (χ3v) is 5.61. The summed E-state index contributed by atoms with van der Waals surface area (Å²) in [6.07, 6.45) is 0. The van der Waals surface area contributed by atoms with Crippen LogP contribution in [0.5, 0.6) is 0 Å². The maximum Gasteiger partial charge on any atom is 0.234 e. The number of thioether (sulfide) groups is 1. The molecular weight excluding hydrogens is 420 g/mol. The average Bonchev–Trinajstić information content (AvgIpc) is 3.03. The van der Waals surface area contributed by atoms with Crippen LogP contribution >= 0.6 is 39.0 Å². The predicted octanol–water partition coefficient (Wildman–Crippen LogP) is 5.08. The van der Waals surface area contributed by atoms with E-state index in [1.165, 1.54) is 23.1 Å². The highest BCUT2D eigenvalue weighted by Gasteiger charge is 2.09. The number of rotatable bonds is 6. The molecule has 1 aromatic heterocycles. The summed E-state index contributed by atoms with van der Waals surface area (Å²) in [5.74, 6) is 0.227. The molecule has 0 saturated heterocycles. The summed E-state index contributed by atoms with van der Waals surface area (Å²) >= 11 is 6.22. The number of nitrogens with zero attached hydrogens (tertiary/aromatic N) is 2. The molecule has 0 aliphatic heterocycles. The second-order valence-electron chi connectivity index (χ2n) is 5.21. The molecule has 0 aliphatic carbocycles. The summed E-state index contributed by atoms with van der Waals surface area (Å²) in [5.41, 5.74) is 2.89. The van der Waals surface area contributed by atoms with Crippen LogP contribution in [-0.2, 0) is 4.79 Å². The molecule has 128 valence electrons. The topological polar surface area (TPSA) is 66.9 Å². The van der Waals surface area contributed by atoms with Gasteiger partial charge in [-0.25, -0.2) is 0 Å². The Labute approximate surface area is 162 Å². The number of aryl methyl sites for hydroxylation is 1. The highest BCUT2D eigenvalue weighted by Crippen LogP contribution is 2.28. The van der Waals surface area contributed by atoms with E-state index in [9.17, 15) is 4.79 Å². The number of hydrogen-bond donors (Lipinski definition) is 2. The number of carbonyl (C=O) groups is 1. The highest BCUT2D eigenvalue weighted by molar-refractivity contribution is 9.10. The maximum atomic E-state index is 12.0. The minimum absolute atomic E-state index is 0.0643. The summed E-state index contributed by atoms with van der Waals surface area (Å²) in [6.45, 7) is 2.01. The lowest BCUT2D eigenvalue weighted by molar-refractivity contribution is -0.113. The van der Waals surface area contributed by atoms with Crippen LogP contribution in [0.4, 0.5) is 16.5 Å². The zero-order chi connectivity index (χ0) is 17.6. The SMILES string of the molecule is Cc1ccc(NC(=O)CSc2nnc(Nc3cccc(Br)c3)s2)cc1. The molecule has 0 fully saturated rings. The van der Waals surface area contributed by atoms with Gasteiger partial charge in [-0.3, -0.25) is 4.79 Å². The summed E-state index contributed by atoms with van der Waals surface area (Å²) in [7, 11) is 0. The molecule has 25 heavy (non-hydrogen) atoms. The molecule has 3 aromatic rings. The Morgan fingerprint density at radius 2 is 1.96 bits per heavy atom. The van der Waals surface area contributed by atoms with Gasteiger partial charge in [0.05, 0.1) is 5.75 Å². The first-order chi connectivity index (χ1) is 12.1. The van der Waals surface area contributed by atoms with Gasteiger partial charge in [-0.1, -0.05) is 62.8 Å². The zero-order valence-corrected chi connectivity index (χ0v) is 16.5. The van der Waals surface area contributed by atoms with Crippen LogP contribution in [0.25, 0.3) is 0 Å². The monoisotopic (exact) mass is 434 g/mol. The normalized spacial score (nSPS) is 10.5. The number of aromatic nitrogens is 2. The molecule has 1 amide bonds. The van der Waals surface area contributed by atoms with Crippen LogP contribution in [0.3, 0.4) is 0 Å². The molecular formula is C17H15BrN4OS2. The Morgan fingerprint density at radius 3 is 2.72 bits per heavy atom. The first-order valence-electron chi connectivity index (χ1n) is 7.44. The van der Waals surface area contributed by atoms with Crippen molar-refractivity contribution in [1.29, 1.82) is 0 Å². The molecule has 0 bridgehead atoms. The number of anilines is 3. The van der Waals surface area contributed by atoms with E-state index in [2.05, 4.69) is 36.8 Å². The van der Waals surface area contributed by atoms with Crippen LogP contribution in [0.1, 0.15) is 5.56 Å². The van der Waals surface area contributed by atoms with Crippen molar-refractivity contribution in [2.24, 2.45) is 0 Å². The Morgan fingerprint density at radius 1 is 1.16 bits per heavy atom. The van der Waals surface area contributed by atoms with Crippen molar-refractivity contribution in [3.8, 4) is 0 Å². The van der Waals surface area contributed by atoms with Crippen molar-refractivity contribution in [3.63, 3.8) is 0 Å². The van der Waals surface area contributed by atoms with E-state index in [4.69, 9.17) is 0 Å². The van der Waals surface area contributed by atoms with E-state index in [1.54, 1.807) is 0 Å². The third kappa shape index (κ3) is 5.55. The van der Waals surface area contributed by atoms with Crippen LogP contribution < -0.4 is 10.6 Å². The van der Waals surface area contributed by atoms with E-state index in [0.717, 1.165) is 25.8 Å². The maximum absolute atomic E-state index is 12.0. The number of amides is 1. The van der Waals surface area contributed by atoms with Gasteiger partial charge in [-0.2, -0.15) is 0 Å². The van der Waals surface area contributed by atoms with Crippen molar-refractivity contribution < 1.29 is 4.79 Å². The van der Waals surface area contributed by atoms with Crippen LogP contribution in [0.2, 0.25) is 0 Å². The van der Waals surface area contributed by atoms with Crippen LogP contribution in [0, 0.1) is 6.92 Å². The molecule has 0 unspecified atom stereocenters. The Hall–Kier alpha value is -1.90. The summed E-state index contributed by atoms with van der Waals surface area (Å²) in [4.78, 5) is 12.0. The molecule has 0 aliphatic rings. The zero-order valence-electron chi connectivity index (χ0n) is 13.3. The van der Waals surface area contributed by atoms with Gasteiger partial charge in [0.2, 0.25) is 11.0 Å². The fourth-order valence-corrected chi connectivity index (χ4v) is 3.94. The number of benzene rings is 2. The second-order valence-corrected chi connectivity index (χ2v) is 8.33. The van der Waals surface area contributed by atoms with E-state index >= 15 is 0 Å². The molecule has 8 heteroatoms. The van der Waals surface area contributed by atoms with Gasteiger partial charge in [-0.05, 0) is 37.3 Å². The van der Waals surface area contributed by atoms with Gasteiger partial charge in [0.25, 0.3) is 0 Å². The van der Waals surface area contributed by atoms with E-state index in [1.807, 2.05) is 55.5 Å². The predicted molar refractivity (Wildman–Crippen MR) is 108 cm³/mol. The van der Waals surface area contributed by atoms with E-state index in [-0.39, 0.29) is 5.91 Å². The molecule has 0 saturated carbocycles. The number of carbonyl (C=O) groups excluding carboxylic acids is 1. The van der Waals surface area contributed by atoms with Crippen molar-refractivity contribution in [1.82, 2.24) is 10.2 Å². The minimum Gasteiger partial charge on any atom is -0.330 e. The van der Waals surface area contributed by atoms with Crippen molar-refractivity contribution in [3.05, 3.63) is 58.6 Å². The molecule has 1 heterocycles. The van der Waals surface area contributed by atoms with Crippen molar-refractivity contribution >= 4 is 61.4 Å². The van der Waals surface area contributed by atoms with Crippen molar-refractivity contribution in [2.75, 3.05) is 16.4 Å². The first kappa shape index (κ1) is 17.9. The summed E-state index contributed by atoms with van der Waals surface area (Å²) in [6, 6.07) is 15.5. The molecule has 3 rings (SSSR count). The molecule has 2 aromatic carbocycles.